The lowest BCUT2D eigenvalue weighted by molar-refractivity contribution is -0.150. The van der Waals surface area contributed by atoms with Crippen molar-refractivity contribution in [1.29, 1.82) is 0 Å². The minimum Gasteiger partial charge on any atom is -0.479 e. The summed E-state index contributed by atoms with van der Waals surface area (Å²) in [5.41, 5.74) is -1.46. The Morgan fingerprint density at radius 3 is 2.47 bits per heavy atom. The van der Waals surface area contributed by atoms with Crippen LogP contribution in [0.15, 0.2) is 11.6 Å². The van der Waals surface area contributed by atoms with Gasteiger partial charge in [-0.05, 0) is 13.8 Å². The number of likely N-dealkylation sites (tertiary alicyclic amines) is 1. The van der Waals surface area contributed by atoms with Crippen molar-refractivity contribution in [2.45, 2.75) is 25.9 Å². The molecule has 1 rings (SSSR count). The number of carbonyl (C=O) groups is 2. The zero-order valence-electron chi connectivity index (χ0n) is 8.79. The minimum absolute atomic E-state index is 0.134. The minimum atomic E-state index is -2.27. The Morgan fingerprint density at radius 1 is 1.47 bits per heavy atom. The van der Waals surface area contributed by atoms with Crippen LogP contribution in [0.4, 0.5) is 4.39 Å². The molecule has 84 valence electrons. The highest BCUT2D eigenvalue weighted by Gasteiger charge is 2.46. The second-order valence-electron chi connectivity index (χ2n) is 4.00. The summed E-state index contributed by atoms with van der Waals surface area (Å²) in [5.74, 6) is -1.81. The van der Waals surface area contributed by atoms with Crippen molar-refractivity contribution in [1.82, 2.24) is 4.90 Å². The molecule has 0 aliphatic carbocycles. The highest BCUT2D eigenvalue weighted by atomic mass is 19.1. The molecule has 1 saturated heterocycles. The number of hydrogen-bond acceptors (Lipinski definition) is 2. The topological polar surface area (TPSA) is 57.6 Å². The van der Waals surface area contributed by atoms with Crippen molar-refractivity contribution in [2.24, 2.45) is 0 Å². The second kappa shape index (κ2) is 4.00. The van der Waals surface area contributed by atoms with Crippen LogP contribution >= 0.6 is 0 Å². The lowest BCUT2D eigenvalue weighted by atomic mass is 10.1. The quantitative estimate of drug-likeness (QED) is 0.698. The van der Waals surface area contributed by atoms with Crippen LogP contribution in [0.5, 0.6) is 0 Å². The molecule has 1 amide bonds. The van der Waals surface area contributed by atoms with E-state index >= 15 is 0 Å². The first kappa shape index (κ1) is 11.7. The molecule has 0 bridgehead atoms. The Hall–Kier alpha value is -1.39. The fraction of sp³-hybridized carbons (Fsp3) is 0.600. The number of allylic oxidation sites excluding steroid dienone is 1. The van der Waals surface area contributed by atoms with E-state index in [0.29, 0.717) is 0 Å². The van der Waals surface area contributed by atoms with Gasteiger partial charge in [0.25, 0.3) is 0 Å². The first-order valence-electron chi connectivity index (χ1n) is 4.71. The monoisotopic (exact) mass is 215 g/mol. The van der Waals surface area contributed by atoms with Crippen molar-refractivity contribution in [3.63, 3.8) is 0 Å². The third-order valence-electron chi connectivity index (χ3n) is 2.33. The molecule has 0 aromatic heterocycles. The van der Waals surface area contributed by atoms with E-state index in [1.54, 1.807) is 13.8 Å². The Kier molecular flexibility index (Phi) is 3.12. The van der Waals surface area contributed by atoms with Crippen molar-refractivity contribution in [3.8, 4) is 0 Å². The van der Waals surface area contributed by atoms with Crippen LogP contribution in [0, 0.1) is 0 Å². The second-order valence-corrected chi connectivity index (χ2v) is 4.00. The molecule has 1 aliphatic heterocycles. The van der Waals surface area contributed by atoms with Gasteiger partial charge in [0.15, 0.2) is 0 Å². The molecule has 4 nitrogen and oxygen atoms in total. The van der Waals surface area contributed by atoms with Gasteiger partial charge in [0, 0.05) is 19.0 Å². The van der Waals surface area contributed by atoms with Gasteiger partial charge in [-0.1, -0.05) is 5.57 Å². The predicted octanol–water partition coefficient (Wildman–Crippen LogP) is 0.978. The van der Waals surface area contributed by atoms with Gasteiger partial charge in [-0.25, -0.2) is 9.18 Å². The summed E-state index contributed by atoms with van der Waals surface area (Å²) in [7, 11) is 0. The highest BCUT2D eigenvalue weighted by Crippen LogP contribution is 2.26. The predicted molar refractivity (Wildman–Crippen MR) is 52.1 cm³/mol. The van der Waals surface area contributed by atoms with Crippen LogP contribution in [0.1, 0.15) is 20.3 Å². The van der Waals surface area contributed by atoms with E-state index < -0.39 is 11.6 Å². The van der Waals surface area contributed by atoms with Gasteiger partial charge in [-0.2, -0.15) is 0 Å². The molecule has 0 aromatic carbocycles. The number of aliphatic carboxylic acids is 1. The summed E-state index contributed by atoms with van der Waals surface area (Å²) in [6.07, 6.45) is 1.25. The standard InChI is InChI=1S/C10H14FNO3/c1-7(2)5-8(13)12-4-3-10(11,6-12)9(14)15/h5H,3-4,6H2,1-2H3,(H,14,15). The first-order chi connectivity index (χ1) is 6.85. The van der Waals surface area contributed by atoms with E-state index in [2.05, 4.69) is 0 Å². The number of rotatable bonds is 2. The van der Waals surface area contributed by atoms with Gasteiger partial charge in [0.05, 0.1) is 6.54 Å². The maximum Gasteiger partial charge on any atom is 0.343 e. The summed E-state index contributed by atoms with van der Waals surface area (Å²) in [6, 6.07) is 0. The Balaban J connectivity index is 2.68. The van der Waals surface area contributed by atoms with Gasteiger partial charge < -0.3 is 10.0 Å². The Bertz CT molecular complexity index is 323. The molecular formula is C10H14FNO3. The van der Waals surface area contributed by atoms with Gasteiger partial charge in [-0.3, -0.25) is 4.79 Å². The van der Waals surface area contributed by atoms with E-state index in [1.807, 2.05) is 0 Å². The Morgan fingerprint density at radius 2 is 2.07 bits per heavy atom. The molecule has 1 atom stereocenters. The van der Waals surface area contributed by atoms with Gasteiger partial charge >= 0.3 is 5.97 Å². The number of amides is 1. The van der Waals surface area contributed by atoms with Crippen LogP contribution in [0.3, 0.4) is 0 Å². The van der Waals surface area contributed by atoms with E-state index in [4.69, 9.17) is 5.11 Å². The summed E-state index contributed by atoms with van der Waals surface area (Å²) in [6.45, 7) is 3.32. The number of alkyl halides is 1. The van der Waals surface area contributed by atoms with Crippen molar-refractivity contribution < 1.29 is 19.1 Å². The van der Waals surface area contributed by atoms with E-state index in [0.717, 1.165) is 5.57 Å². The number of carboxylic acids is 1. The molecule has 0 saturated carbocycles. The zero-order chi connectivity index (χ0) is 11.6. The number of hydrogen-bond donors (Lipinski definition) is 1. The van der Waals surface area contributed by atoms with Crippen LogP contribution < -0.4 is 0 Å². The normalized spacial score (nSPS) is 25.1. The van der Waals surface area contributed by atoms with Crippen molar-refractivity contribution in [3.05, 3.63) is 11.6 Å². The van der Waals surface area contributed by atoms with Crippen LogP contribution in [0.2, 0.25) is 0 Å². The molecule has 1 heterocycles. The smallest absolute Gasteiger partial charge is 0.343 e. The number of carboxylic acid groups (broad SMARTS) is 1. The van der Waals surface area contributed by atoms with Crippen LogP contribution in [-0.2, 0) is 9.59 Å². The molecule has 1 N–H and O–H groups in total. The Labute approximate surface area is 87.4 Å². The van der Waals surface area contributed by atoms with Crippen molar-refractivity contribution >= 4 is 11.9 Å². The first-order valence-corrected chi connectivity index (χ1v) is 4.71. The third kappa shape index (κ3) is 2.55. The summed E-state index contributed by atoms with van der Waals surface area (Å²) < 4.78 is 13.6. The maximum absolute atomic E-state index is 13.6. The fourth-order valence-electron chi connectivity index (χ4n) is 1.47. The van der Waals surface area contributed by atoms with E-state index in [1.165, 1.54) is 11.0 Å². The molecule has 0 spiro atoms. The summed E-state index contributed by atoms with van der Waals surface area (Å²) >= 11 is 0. The molecule has 0 aromatic rings. The molecule has 1 unspecified atom stereocenters. The third-order valence-corrected chi connectivity index (χ3v) is 2.33. The average Bonchev–Trinajstić information content (AvgIpc) is 2.48. The summed E-state index contributed by atoms with van der Waals surface area (Å²) in [5, 5.41) is 8.63. The van der Waals surface area contributed by atoms with Crippen molar-refractivity contribution in [2.75, 3.05) is 13.1 Å². The van der Waals surface area contributed by atoms with Gasteiger partial charge in [-0.15, -0.1) is 0 Å². The molecule has 0 radical (unpaired) electrons. The number of nitrogens with zero attached hydrogens (tertiary/aromatic N) is 1. The van der Waals surface area contributed by atoms with Gasteiger partial charge in [0.2, 0.25) is 11.6 Å². The molecular weight excluding hydrogens is 201 g/mol. The molecule has 5 heteroatoms. The largest absolute Gasteiger partial charge is 0.479 e. The van der Waals surface area contributed by atoms with Gasteiger partial charge in [0.1, 0.15) is 0 Å². The number of carbonyl (C=O) groups excluding carboxylic acids is 1. The van der Waals surface area contributed by atoms with Crippen LogP contribution in [0.25, 0.3) is 0 Å². The fourth-order valence-corrected chi connectivity index (χ4v) is 1.47. The lowest BCUT2D eigenvalue weighted by Gasteiger charge is -2.16. The van der Waals surface area contributed by atoms with Crippen LogP contribution in [-0.4, -0.2) is 40.6 Å². The molecule has 1 aliphatic rings. The zero-order valence-corrected chi connectivity index (χ0v) is 8.79. The molecule has 1 fully saturated rings. The maximum atomic E-state index is 13.6. The number of halogens is 1. The molecule has 15 heavy (non-hydrogen) atoms. The SMILES string of the molecule is CC(C)=CC(=O)N1CCC(F)(C(=O)O)C1. The lowest BCUT2D eigenvalue weighted by Crippen LogP contribution is -2.38. The van der Waals surface area contributed by atoms with E-state index in [-0.39, 0.29) is 25.4 Å². The average molecular weight is 215 g/mol. The van der Waals surface area contributed by atoms with E-state index in [9.17, 15) is 14.0 Å². The summed E-state index contributed by atoms with van der Waals surface area (Å²) in [4.78, 5) is 23.3. The highest BCUT2D eigenvalue weighted by molar-refractivity contribution is 5.90.